The molecule has 1 aliphatic rings. The van der Waals surface area contributed by atoms with Crippen molar-refractivity contribution in [3.63, 3.8) is 0 Å². The zero-order valence-electron chi connectivity index (χ0n) is 6.95. The Morgan fingerprint density at radius 2 is 1.92 bits per heavy atom. The third-order valence-electron chi connectivity index (χ3n) is 2.05. The molecule has 6 heteroatoms. The molecule has 0 aromatic rings. The second-order valence-corrected chi connectivity index (χ2v) is 3.10. The van der Waals surface area contributed by atoms with E-state index in [1.165, 1.54) is 0 Å². The van der Waals surface area contributed by atoms with Gasteiger partial charge in [-0.2, -0.15) is 0 Å². The average Bonchev–Trinajstić information content (AvgIpc) is 2.10. The number of rotatable bonds is 2. The summed E-state index contributed by atoms with van der Waals surface area (Å²) in [5.41, 5.74) is 0. The number of ether oxygens (including phenoxy) is 1. The molecular weight excluding hydrogens is 180 g/mol. The second kappa shape index (κ2) is 4.32. The number of hydrogen-bond acceptors (Lipinski definition) is 6. The molecule has 5 atom stereocenters. The smallest absolute Gasteiger partial charge is 0.157 e. The minimum atomic E-state index is -1.31. The highest BCUT2D eigenvalue weighted by Gasteiger charge is 2.39. The van der Waals surface area contributed by atoms with Crippen LogP contribution in [0.3, 0.4) is 0 Å². The molecule has 0 amide bonds. The van der Waals surface area contributed by atoms with Crippen molar-refractivity contribution < 1.29 is 30.3 Å². The second-order valence-electron chi connectivity index (χ2n) is 3.10. The van der Waals surface area contributed by atoms with Gasteiger partial charge in [-0.15, -0.1) is 0 Å². The molecule has 0 aliphatic carbocycles. The normalized spacial score (nSPS) is 43.2. The van der Waals surface area contributed by atoms with Gasteiger partial charge < -0.3 is 30.3 Å². The molecule has 0 bridgehead atoms. The first-order chi connectivity index (χ1) is 6.06. The lowest BCUT2D eigenvalue weighted by atomic mass is 9.98. The molecule has 1 fully saturated rings. The number of hydrogen-bond donors (Lipinski definition) is 5. The van der Waals surface area contributed by atoms with Crippen LogP contribution in [0.5, 0.6) is 0 Å². The highest BCUT2D eigenvalue weighted by Crippen LogP contribution is 2.21. The SMILES string of the molecule is OCC(O)C1OC(O)CC(O)C1O. The Hall–Kier alpha value is -0.240. The van der Waals surface area contributed by atoms with E-state index < -0.39 is 37.3 Å². The van der Waals surface area contributed by atoms with Crippen LogP contribution < -0.4 is 0 Å². The Labute approximate surface area is 75.0 Å². The molecule has 78 valence electrons. The number of aliphatic hydroxyl groups excluding tert-OH is 5. The molecule has 1 saturated heterocycles. The lowest BCUT2D eigenvalue weighted by molar-refractivity contribution is -0.256. The molecule has 6 nitrogen and oxygen atoms in total. The highest BCUT2D eigenvalue weighted by atomic mass is 16.6. The molecule has 13 heavy (non-hydrogen) atoms. The van der Waals surface area contributed by atoms with Gasteiger partial charge >= 0.3 is 0 Å². The summed E-state index contributed by atoms with van der Waals surface area (Å²) in [5, 5.41) is 45.2. The van der Waals surface area contributed by atoms with E-state index in [4.69, 9.17) is 20.1 Å². The van der Waals surface area contributed by atoms with Crippen LogP contribution in [0.4, 0.5) is 0 Å². The fourth-order valence-electron chi connectivity index (χ4n) is 1.30. The van der Waals surface area contributed by atoms with Crippen molar-refractivity contribution in [2.75, 3.05) is 6.61 Å². The van der Waals surface area contributed by atoms with Crippen LogP contribution in [0.15, 0.2) is 0 Å². The van der Waals surface area contributed by atoms with Crippen molar-refractivity contribution in [3.05, 3.63) is 0 Å². The maximum absolute atomic E-state index is 9.30. The first-order valence-electron chi connectivity index (χ1n) is 4.05. The maximum atomic E-state index is 9.30. The summed E-state index contributed by atoms with van der Waals surface area (Å²) in [4.78, 5) is 0. The monoisotopic (exact) mass is 194 g/mol. The fourth-order valence-corrected chi connectivity index (χ4v) is 1.30. The van der Waals surface area contributed by atoms with E-state index in [1.807, 2.05) is 0 Å². The fraction of sp³-hybridized carbons (Fsp3) is 1.00. The van der Waals surface area contributed by atoms with Gasteiger partial charge in [0.15, 0.2) is 6.29 Å². The minimum Gasteiger partial charge on any atom is -0.394 e. The third kappa shape index (κ3) is 2.37. The van der Waals surface area contributed by atoms with Gasteiger partial charge in [-0.05, 0) is 0 Å². The van der Waals surface area contributed by atoms with E-state index in [0.29, 0.717) is 0 Å². The molecular formula is C7H14O6. The van der Waals surface area contributed by atoms with Gasteiger partial charge in [0.2, 0.25) is 0 Å². The molecule has 0 radical (unpaired) electrons. The van der Waals surface area contributed by atoms with Gasteiger partial charge in [-0.1, -0.05) is 0 Å². The predicted octanol–water partition coefficient (Wildman–Crippen LogP) is -2.83. The van der Waals surface area contributed by atoms with Crippen molar-refractivity contribution >= 4 is 0 Å². The summed E-state index contributed by atoms with van der Waals surface area (Å²) in [7, 11) is 0. The molecule has 0 aromatic carbocycles. The Balaban J connectivity index is 2.60. The van der Waals surface area contributed by atoms with E-state index in [1.54, 1.807) is 0 Å². The summed E-state index contributed by atoms with van der Waals surface area (Å²) < 4.78 is 4.76. The van der Waals surface area contributed by atoms with E-state index in [0.717, 1.165) is 0 Å². The first kappa shape index (κ1) is 10.8. The summed E-state index contributed by atoms with van der Waals surface area (Å²) >= 11 is 0. The van der Waals surface area contributed by atoms with E-state index in [9.17, 15) is 10.2 Å². The minimum absolute atomic E-state index is 0.101. The van der Waals surface area contributed by atoms with E-state index in [-0.39, 0.29) is 6.42 Å². The van der Waals surface area contributed by atoms with Crippen LogP contribution in [0.25, 0.3) is 0 Å². The predicted molar refractivity (Wildman–Crippen MR) is 40.6 cm³/mol. The lowest BCUT2D eigenvalue weighted by Crippen LogP contribution is -2.54. The standard InChI is InChI=1S/C7H14O6/c8-2-4(10)7-6(12)3(9)1-5(11)13-7/h3-12H,1-2H2. The van der Waals surface area contributed by atoms with Crippen molar-refractivity contribution in [3.8, 4) is 0 Å². The third-order valence-corrected chi connectivity index (χ3v) is 2.05. The summed E-state index contributed by atoms with van der Waals surface area (Å²) in [6, 6.07) is 0. The lowest BCUT2D eigenvalue weighted by Gasteiger charge is -2.36. The molecule has 5 unspecified atom stereocenters. The Morgan fingerprint density at radius 3 is 2.46 bits per heavy atom. The topological polar surface area (TPSA) is 110 Å². The molecule has 0 saturated carbocycles. The first-order valence-corrected chi connectivity index (χ1v) is 4.05. The van der Waals surface area contributed by atoms with Gasteiger partial charge in [-0.25, -0.2) is 0 Å². The van der Waals surface area contributed by atoms with Gasteiger partial charge in [-0.3, -0.25) is 0 Å². The number of aliphatic hydroxyl groups is 5. The molecule has 0 aromatic heterocycles. The van der Waals surface area contributed by atoms with Crippen LogP contribution in [0.2, 0.25) is 0 Å². The van der Waals surface area contributed by atoms with Crippen LogP contribution in [0, 0.1) is 0 Å². The van der Waals surface area contributed by atoms with Gasteiger partial charge in [0.1, 0.15) is 18.3 Å². The van der Waals surface area contributed by atoms with Crippen LogP contribution >= 0.6 is 0 Å². The maximum Gasteiger partial charge on any atom is 0.157 e. The zero-order chi connectivity index (χ0) is 10.0. The molecule has 5 N–H and O–H groups in total. The Kier molecular flexibility index (Phi) is 3.60. The molecule has 1 rings (SSSR count). The zero-order valence-corrected chi connectivity index (χ0v) is 6.95. The van der Waals surface area contributed by atoms with Crippen molar-refractivity contribution in [2.45, 2.75) is 37.1 Å². The van der Waals surface area contributed by atoms with E-state index in [2.05, 4.69) is 0 Å². The van der Waals surface area contributed by atoms with Crippen LogP contribution in [-0.4, -0.2) is 62.8 Å². The van der Waals surface area contributed by atoms with Gasteiger partial charge in [0, 0.05) is 6.42 Å². The molecule has 0 spiro atoms. The molecule has 1 heterocycles. The summed E-state index contributed by atoms with van der Waals surface area (Å²) in [5.74, 6) is 0. The van der Waals surface area contributed by atoms with Crippen molar-refractivity contribution in [1.82, 2.24) is 0 Å². The van der Waals surface area contributed by atoms with Crippen molar-refractivity contribution in [2.24, 2.45) is 0 Å². The van der Waals surface area contributed by atoms with Gasteiger partial charge in [0.25, 0.3) is 0 Å². The van der Waals surface area contributed by atoms with Crippen molar-refractivity contribution in [1.29, 1.82) is 0 Å². The van der Waals surface area contributed by atoms with E-state index >= 15 is 0 Å². The average molecular weight is 194 g/mol. The van der Waals surface area contributed by atoms with Gasteiger partial charge in [0.05, 0.1) is 12.7 Å². The largest absolute Gasteiger partial charge is 0.394 e. The Bertz CT molecular complexity index is 163. The summed E-state index contributed by atoms with van der Waals surface area (Å²) in [6.07, 6.45) is -6.20. The summed E-state index contributed by atoms with van der Waals surface area (Å²) in [6.45, 7) is -0.596. The highest BCUT2D eigenvalue weighted by molar-refractivity contribution is 4.86. The van der Waals surface area contributed by atoms with Crippen LogP contribution in [0.1, 0.15) is 6.42 Å². The molecule has 1 aliphatic heterocycles. The Morgan fingerprint density at radius 1 is 1.31 bits per heavy atom. The quantitative estimate of drug-likeness (QED) is 0.324. The van der Waals surface area contributed by atoms with Crippen LogP contribution in [-0.2, 0) is 4.74 Å².